The highest BCUT2D eigenvalue weighted by atomic mass is 79.9. The fourth-order valence-electron chi connectivity index (χ4n) is 2.08. The second kappa shape index (κ2) is 6.71. The lowest BCUT2D eigenvalue weighted by atomic mass is 9.97. The number of nitrogens with zero attached hydrogens (tertiary/aromatic N) is 1. The zero-order valence-corrected chi connectivity index (χ0v) is 12.3. The van der Waals surface area contributed by atoms with E-state index in [-0.39, 0.29) is 29.1 Å². The highest BCUT2D eigenvalue weighted by Gasteiger charge is 2.24. The lowest BCUT2D eigenvalue weighted by molar-refractivity contribution is -0.144. The van der Waals surface area contributed by atoms with Crippen molar-refractivity contribution in [2.45, 2.75) is 13.0 Å². The minimum Gasteiger partial charge on any atom is -0.456 e. The summed E-state index contributed by atoms with van der Waals surface area (Å²) in [6.07, 6.45) is 1.97. The molecule has 0 aromatic heterocycles. The van der Waals surface area contributed by atoms with Crippen molar-refractivity contribution in [3.8, 4) is 0 Å². The molecule has 1 aliphatic rings. The maximum absolute atomic E-state index is 11.1. The van der Waals surface area contributed by atoms with Crippen LogP contribution < -0.4 is 0 Å². The van der Waals surface area contributed by atoms with Crippen molar-refractivity contribution in [1.29, 1.82) is 0 Å². The average Bonchev–Trinajstić information content (AvgIpc) is 2.29. The molecule has 0 saturated carbocycles. The first-order valence-electron chi connectivity index (χ1n) is 5.78. The van der Waals surface area contributed by atoms with Crippen molar-refractivity contribution >= 4 is 28.5 Å². The van der Waals surface area contributed by atoms with E-state index in [1.807, 2.05) is 37.4 Å². The zero-order chi connectivity index (χ0) is 12.3. The van der Waals surface area contributed by atoms with Gasteiger partial charge in [0.2, 0.25) is 0 Å². The molecule has 0 amide bonds. The van der Waals surface area contributed by atoms with Gasteiger partial charge < -0.3 is 4.74 Å². The number of rotatable bonds is 2. The van der Waals surface area contributed by atoms with E-state index < -0.39 is 0 Å². The van der Waals surface area contributed by atoms with Crippen LogP contribution >= 0.6 is 17.0 Å². The van der Waals surface area contributed by atoms with Gasteiger partial charge >= 0.3 is 5.97 Å². The van der Waals surface area contributed by atoms with E-state index in [2.05, 4.69) is 11.0 Å². The van der Waals surface area contributed by atoms with Gasteiger partial charge in [0.15, 0.2) is 0 Å². The van der Waals surface area contributed by atoms with E-state index in [0.29, 0.717) is 0 Å². The number of benzene rings is 1. The van der Waals surface area contributed by atoms with E-state index in [9.17, 15) is 4.79 Å². The van der Waals surface area contributed by atoms with Gasteiger partial charge in [0, 0.05) is 20.0 Å². The van der Waals surface area contributed by atoms with E-state index in [1.54, 1.807) is 0 Å². The van der Waals surface area contributed by atoms with Crippen molar-refractivity contribution in [2.75, 3.05) is 20.1 Å². The quantitative estimate of drug-likeness (QED) is 0.786. The van der Waals surface area contributed by atoms with Crippen molar-refractivity contribution in [1.82, 2.24) is 4.90 Å². The molecule has 1 unspecified atom stereocenters. The van der Waals surface area contributed by atoms with Crippen LogP contribution in [0.25, 0.3) is 5.57 Å². The summed E-state index contributed by atoms with van der Waals surface area (Å²) in [5.41, 5.74) is 2.24. The molecular weight excluding hydrogens is 294 g/mol. The SMILES string of the molecule is Br.CC(=O)OC1CN(C)CC=C1c1ccccc1. The summed E-state index contributed by atoms with van der Waals surface area (Å²) >= 11 is 0. The number of carbonyl (C=O) groups excluding carboxylic acids is 1. The maximum atomic E-state index is 11.1. The van der Waals surface area contributed by atoms with Crippen LogP contribution in [0.1, 0.15) is 12.5 Å². The van der Waals surface area contributed by atoms with Crippen molar-refractivity contribution in [3.63, 3.8) is 0 Å². The first kappa shape index (κ1) is 14.9. The molecule has 1 aliphatic heterocycles. The molecule has 0 N–H and O–H groups in total. The van der Waals surface area contributed by atoms with Gasteiger partial charge in [-0.2, -0.15) is 0 Å². The minimum atomic E-state index is -0.230. The summed E-state index contributed by atoms with van der Waals surface area (Å²) in [5.74, 6) is -0.230. The van der Waals surface area contributed by atoms with Crippen LogP contribution in [0, 0.1) is 0 Å². The normalized spacial score (nSPS) is 19.7. The van der Waals surface area contributed by atoms with Gasteiger partial charge in [-0.25, -0.2) is 0 Å². The lowest BCUT2D eigenvalue weighted by Crippen LogP contribution is -2.37. The number of carbonyl (C=O) groups is 1. The Morgan fingerprint density at radius 2 is 2.00 bits per heavy atom. The Morgan fingerprint density at radius 1 is 1.33 bits per heavy atom. The molecule has 4 heteroatoms. The first-order valence-corrected chi connectivity index (χ1v) is 5.78. The Morgan fingerprint density at radius 3 is 2.61 bits per heavy atom. The summed E-state index contributed by atoms with van der Waals surface area (Å²) in [7, 11) is 2.02. The summed E-state index contributed by atoms with van der Waals surface area (Å²) in [6, 6.07) is 10.1. The number of ether oxygens (including phenoxy) is 1. The molecule has 0 spiro atoms. The predicted octanol–water partition coefficient (Wildman–Crippen LogP) is 2.53. The number of esters is 1. The Balaban J connectivity index is 0.00000162. The third kappa shape index (κ3) is 3.68. The van der Waals surface area contributed by atoms with E-state index in [1.165, 1.54) is 6.92 Å². The fraction of sp³-hybridized carbons (Fsp3) is 0.357. The summed E-state index contributed by atoms with van der Waals surface area (Å²) in [4.78, 5) is 13.3. The largest absolute Gasteiger partial charge is 0.456 e. The molecule has 1 aromatic rings. The first-order chi connectivity index (χ1) is 8.16. The smallest absolute Gasteiger partial charge is 0.303 e. The van der Waals surface area contributed by atoms with Crippen molar-refractivity contribution in [2.24, 2.45) is 0 Å². The number of hydrogen-bond acceptors (Lipinski definition) is 3. The van der Waals surface area contributed by atoms with Crippen molar-refractivity contribution < 1.29 is 9.53 Å². The van der Waals surface area contributed by atoms with E-state index in [4.69, 9.17) is 4.74 Å². The highest BCUT2D eigenvalue weighted by molar-refractivity contribution is 8.93. The molecule has 0 aliphatic carbocycles. The molecule has 1 aromatic carbocycles. The van der Waals surface area contributed by atoms with Gasteiger partial charge in [0.05, 0.1) is 0 Å². The summed E-state index contributed by atoms with van der Waals surface area (Å²) in [6.45, 7) is 3.10. The molecule has 98 valence electrons. The maximum Gasteiger partial charge on any atom is 0.303 e. The molecule has 0 fully saturated rings. The monoisotopic (exact) mass is 311 g/mol. The number of halogens is 1. The van der Waals surface area contributed by atoms with E-state index in [0.717, 1.165) is 24.2 Å². The van der Waals surface area contributed by atoms with Gasteiger partial charge in [-0.05, 0) is 18.2 Å². The number of hydrogen-bond donors (Lipinski definition) is 0. The van der Waals surface area contributed by atoms with Gasteiger partial charge in [-0.15, -0.1) is 17.0 Å². The molecule has 0 bridgehead atoms. The third-order valence-electron chi connectivity index (χ3n) is 2.86. The molecule has 18 heavy (non-hydrogen) atoms. The predicted molar refractivity (Wildman–Crippen MR) is 77.8 cm³/mol. The van der Waals surface area contributed by atoms with Crippen LogP contribution in [-0.4, -0.2) is 37.1 Å². The average molecular weight is 312 g/mol. The molecule has 1 atom stereocenters. The summed E-state index contributed by atoms with van der Waals surface area (Å²) in [5, 5.41) is 0. The Hall–Kier alpha value is -1.13. The zero-order valence-electron chi connectivity index (χ0n) is 10.6. The second-order valence-corrected chi connectivity index (χ2v) is 4.34. The van der Waals surface area contributed by atoms with Crippen LogP contribution in [0.4, 0.5) is 0 Å². The number of likely N-dealkylation sites (N-methyl/N-ethyl adjacent to an activating group) is 1. The Bertz CT molecular complexity index is 431. The van der Waals surface area contributed by atoms with E-state index >= 15 is 0 Å². The van der Waals surface area contributed by atoms with Gasteiger partial charge in [-0.3, -0.25) is 9.69 Å². The Labute approximate surface area is 118 Å². The standard InChI is InChI=1S/C14H17NO2.BrH/c1-11(16)17-14-10-15(2)9-8-13(14)12-6-4-3-5-7-12;/h3-8,14H,9-10H2,1-2H3;1H. The molecule has 1 heterocycles. The summed E-state index contributed by atoms with van der Waals surface area (Å²) < 4.78 is 5.38. The van der Waals surface area contributed by atoms with Crippen molar-refractivity contribution in [3.05, 3.63) is 42.0 Å². The molecule has 2 rings (SSSR count). The van der Waals surface area contributed by atoms with Crippen LogP contribution in [0.5, 0.6) is 0 Å². The molecule has 0 radical (unpaired) electrons. The van der Waals surface area contributed by atoms with Gasteiger partial charge in [-0.1, -0.05) is 36.4 Å². The third-order valence-corrected chi connectivity index (χ3v) is 2.86. The van der Waals surface area contributed by atoms with Crippen LogP contribution in [-0.2, 0) is 9.53 Å². The minimum absolute atomic E-state index is 0. The second-order valence-electron chi connectivity index (χ2n) is 4.34. The fourth-order valence-corrected chi connectivity index (χ4v) is 2.08. The van der Waals surface area contributed by atoms with Gasteiger partial charge in [0.1, 0.15) is 6.10 Å². The molecule has 3 nitrogen and oxygen atoms in total. The van der Waals surface area contributed by atoms with Crippen LogP contribution in [0.2, 0.25) is 0 Å². The van der Waals surface area contributed by atoms with Crippen LogP contribution in [0.3, 0.4) is 0 Å². The Kier molecular flexibility index (Phi) is 5.56. The topological polar surface area (TPSA) is 29.5 Å². The van der Waals surface area contributed by atoms with Crippen LogP contribution in [0.15, 0.2) is 36.4 Å². The van der Waals surface area contributed by atoms with Gasteiger partial charge in [0.25, 0.3) is 0 Å². The lowest BCUT2D eigenvalue weighted by Gasteiger charge is -2.30. The molecule has 0 saturated heterocycles. The molecular formula is C14H18BrNO2. The highest BCUT2D eigenvalue weighted by Crippen LogP contribution is 2.24.